The van der Waals surface area contributed by atoms with Gasteiger partial charge in [-0.2, -0.15) is 10.5 Å². The number of anilines is 1. The van der Waals surface area contributed by atoms with E-state index < -0.39 is 0 Å². The number of rotatable bonds is 6. The van der Waals surface area contributed by atoms with Gasteiger partial charge in [-0.1, -0.05) is 19.1 Å². The number of nitrogens with zero attached hydrogens (tertiary/aromatic N) is 2. The topological polar surface area (TPSA) is 68.8 Å². The van der Waals surface area contributed by atoms with E-state index in [4.69, 9.17) is 10.00 Å². The van der Waals surface area contributed by atoms with E-state index in [2.05, 4.69) is 24.4 Å². The summed E-state index contributed by atoms with van der Waals surface area (Å²) in [5.41, 5.74) is 2.68. The van der Waals surface area contributed by atoms with Crippen molar-refractivity contribution in [3.05, 3.63) is 65.4 Å². The SMILES string of the molecule is CCCOc1ccc(C=C(C#N)Nc2ccc(C#N)cc2)cc1. The van der Waals surface area contributed by atoms with Crippen LogP contribution in [0.5, 0.6) is 5.75 Å². The smallest absolute Gasteiger partial charge is 0.119 e. The van der Waals surface area contributed by atoms with Gasteiger partial charge in [-0.05, 0) is 54.5 Å². The minimum absolute atomic E-state index is 0.428. The second kappa shape index (κ2) is 8.26. The lowest BCUT2D eigenvalue weighted by molar-refractivity contribution is 0.317. The van der Waals surface area contributed by atoms with Crippen LogP contribution in [0.15, 0.2) is 54.2 Å². The molecule has 2 aromatic rings. The molecule has 0 fully saturated rings. The van der Waals surface area contributed by atoms with Gasteiger partial charge in [-0.25, -0.2) is 0 Å². The third-order valence-electron chi connectivity index (χ3n) is 3.08. The van der Waals surface area contributed by atoms with Crippen molar-refractivity contribution in [3.8, 4) is 17.9 Å². The lowest BCUT2D eigenvalue weighted by Gasteiger charge is -2.06. The number of allylic oxidation sites excluding steroid dienone is 1. The molecule has 0 spiro atoms. The number of hydrogen-bond acceptors (Lipinski definition) is 4. The molecule has 0 atom stereocenters. The molecule has 0 amide bonds. The molecule has 4 heteroatoms. The zero-order valence-electron chi connectivity index (χ0n) is 12.9. The zero-order chi connectivity index (χ0) is 16.5. The molecule has 0 heterocycles. The maximum atomic E-state index is 9.26. The summed E-state index contributed by atoms with van der Waals surface area (Å²) in [6.07, 6.45) is 2.73. The van der Waals surface area contributed by atoms with Crippen molar-refractivity contribution in [2.45, 2.75) is 13.3 Å². The normalized spacial score (nSPS) is 10.5. The van der Waals surface area contributed by atoms with Gasteiger partial charge in [0.25, 0.3) is 0 Å². The van der Waals surface area contributed by atoms with Gasteiger partial charge in [0.2, 0.25) is 0 Å². The maximum absolute atomic E-state index is 9.26. The summed E-state index contributed by atoms with van der Waals surface area (Å²) in [4.78, 5) is 0. The molecule has 0 saturated carbocycles. The molecule has 2 aromatic carbocycles. The quantitative estimate of drug-likeness (QED) is 0.807. The van der Waals surface area contributed by atoms with E-state index in [0.717, 1.165) is 23.4 Å². The molecule has 0 aliphatic heterocycles. The number of benzene rings is 2. The van der Waals surface area contributed by atoms with Gasteiger partial charge in [0.1, 0.15) is 17.5 Å². The van der Waals surface area contributed by atoms with Crippen molar-refractivity contribution >= 4 is 11.8 Å². The highest BCUT2D eigenvalue weighted by atomic mass is 16.5. The van der Waals surface area contributed by atoms with E-state index in [1.165, 1.54) is 0 Å². The van der Waals surface area contributed by atoms with Gasteiger partial charge in [-0.3, -0.25) is 0 Å². The van der Waals surface area contributed by atoms with E-state index >= 15 is 0 Å². The highest BCUT2D eigenvalue weighted by Crippen LogP contribution is 2.16. The van der Waals surface area contributed by atoms with E-state index in [1.54, 1.807) is 30.3 Å². The Balaban J connectivity index is 2.08. The molecule has 1 N–H and O–H groups in total. The summed E-state index contributed by atoms with van der Waals surface area (Å²) >= 11 is 0. The van der Waals surface area contributed by atoms with Crippen LogP contribution in [-0.2, 0) is 0 Å². The van der Waals surface area contributed by atoms with Crippen LogP contribution >= 0.6 is 0 Å². The first kappa shape index (κ1) is 16.1. The van der Waals surface area contributed by atoms with Crippen molar-refractivity contribution < 1.29 is 4.74 Å². The largest absolute Gasteiger partial charge is 0.494 e. The standard InChI is InChI=1S/C19H17N3O/c1-2-11-23-19-9-5-15(6-10-19)12-18(14-21)22-17-7-3-16(13-20)4-8-17/h3-10,12,22H,2,11H2,1H3. The Morgan fingerprint density at radius 2 is 1.78 bits per heavy atom. The van der Waals surface area contributed by atoms with Crippen molar-refractivity contribution in [2.75, 3.05) is 11.9 Å². The van der Waals surface area contributed by atoms with Crippen LogP contribution in [0.4, 0.5) is 5.69 Å². The third-order valence-corrected chi connectivity index (χ3v) is 3.08. The molecule has 0 aliphatic carbocycles. The highest BCUT2D eigenvalue weighted by Gasteiger charge is 1.99. The minimum Gasteiger partial charge on any atom is -0.494 e. The summed E-state index contributed by atoms with van der Waals surface area (Å²) < 4.78 is 5.53. The predicted octanol–water partition coefficient (Wildman–Crippen LogP) is 4.32. The van der Waals surface area contributed by atoms with Gasteiger partial charge >= 0.3 is 0 Å². The number of ether oxygens (including phenoxy) is 1. The Morgan fingerprint density at radius 3 is 2.35 bits per heavy atom. The lowest BCUT2D eigenvalue weighted by atomic mass is 10.1. The van der Waals surface area contributed by atoms with Crippen LogP contribution in [0.25, 0.3) is 6.08 Å². The molecular weight excluding hydrogens is 286 g/mol. The molecule has 23 heavy (non-hydrogen) atoms. The molecule has 0 aromatic heterocycles. The Kier molecular flexibility index (Phi) is 5.80. The van der Waals surface area contributed by atoms with Crippen LogP contribution in [-0.4, -0.2) is 6.61 Å². The average Bonchev–Trinajstić information content (AvgIpc) is 2.61. The molecule has 0 aliphatic rings. The van der Waals surface area contributed by atoms with Crippen molar-refractivity contribution in [1.82, 2.24) is 0 Å². The van der Waals surface area contributed by atoms with E-state index in [9.17, 15) is 5.26 Å². The summed E-state index contributed by atoms with van der Waals surface area (Å²) in [6, 6.07) is 18.7. The summed E-state index contributed by atoms with van der Waals surface area (Å²) in [5.74, 6) is 0.822. The van der Waals surface area contributed by atoms with Crippen LogP contribution in [0, 0.1) is 22.7 Å². The van der Waals surface area contributed by atoms with Crippen LogP contribution < -0.4 is 10.1 Å². The van der Waals surface area contributed by atoms with E-state index in [1.807, 2.05) is 24.3 Å². The van der Waals surface area contributed by atoms with Gasteiger partial charge in [0, 0.05) is 5.69 Å². The number of nitriles is 2. The Hall–Kier alpha value is -3.24. The fraction of sp³-hybridized carbons (Fsp3) is 0.158. The molecule has 0 saturated heterocycles. The van der Waals surface area contributed by atoms with Crippen molar-refractivity contribution in [2.24, 2.45) is 0 Å². The van der Waals surface area contributed by atoms with Crippen LogP contribution in [0.2, 0.25) is 0 Å². The predicted molar refractivity (Wildman–Crippen MR) is 90.6 cm³/mol. The molecular formula is C19H17N3O. The third kappa shape index (κ3) is 4.91. The van der Waals surface area contributed by atoms with Gasteiger partial charge in [0.15, 0.2) is 0 Å². The fourth-order valence-corrected chi connectivity index (χ4v) is 1.93. The summed E-state index contributed by atoms with van der Waals surface area (Å²) in [5, 5.41) is 21.1. The zero-order valence-corrected chi connectivity index (χ0v) is 12.9. The lowest BCUT2D eigenvalue weighted by Crippen LogP contribution is -1.97. The Morgan fingerprint density at radius 1 is 1.09 bits per heavy atom. The highest BCUT2D eigenvalue weighted by molar-refractivity contribution is 5.64. The number of nitrogens with one attached hydrogen (secondary N) is 1. The van der Waals surface area contributed by atoms with Gasteiger partial charge < -0.3 is 10.1 Å². The maximum Gasteiger partial charge on any atom is 0.119 e. The summed E-state index contributed by atoms with van der Waals surface area (Å²) in [6.45, 7) is 2.75. The van der Waals surface area contributed by atoms with Gasteiger partial charge in [0.05, 0.1) is 18.2 Å². The van der Waals surface area contributed by atoms with Gasteiger partial charge in [-0.15, -0.1) is 0 Å². The first-order chi connectivity index (χ1) is 11.2. The first-order valence-corrected chi connectivity index (χ1v) is 7.37. The first-order valence-electron chi connectivity index (χ1n) is 7.37. The molecule has 0 radical (unpaired) electrons. The van der Waals surface area contributed by atoms with Crippen LogP contribution in [0.1, 0.15) is 24.5 Å². The van der Waals surface area contributed by atoms with E-state index in [-0.39, 0.29) is 0 Å². The average molecular weight is 303 g/mol. The Bertz CT molecular complexity index is 747. The fourth-order valence-electron chi connectivity index (χ4n) is 1.93. The van der Waals surface area contributed by atoms with E-state index in [0.29, 0.717) is 17.9 Å². The molecule has 0 bridgehead atoms. The Labute approximate surface area is 136 Å². The van der Waals surface area contributed by atoms with Crippen LogP contribution in [0.3, 0.4) is 0 Å². The summed E-state index contributed by atoms with van der Waals surface area (Å²) in [7, 11) is 0. The number of hydrogen-bond donors (Lipinski definition) is 1. The molecule has 2 rings (SSSR count). The van der Waals surface area contributed by atoms with Crippen molar-refractivity contribution in [1.29, 1.82) is 10.5 Å². The minimum atomic E-state index is 0.428. The second-order valence-corrected chi connectivity index (χ2v) is 4.90. The molecule has 4 nitrogen and oxygen atoms in total. The molecule has 0 unspecified atom stereocenters. The molecule has 114 valence electrons. The van der Waals surface area contributed by atoms with Crippen molar-refractivity contribution in [3.63, 3.8) is 0 Å². The monoisotopic (exact) mass is 303 g/mol. The second-order valence-electron chi connectivity index (χ2n) is 4.90.